The van der Waals surface area contributed by atoms with Crippen LogP contribution >= 0.6 is 0 Å². The van der Waals surface area contributed by atoms with E-state index in [4.69, 9.17) is 5.11 Å². The smallest absolute Gasteiger partial charge is 0.0555 e. The van der Waals surface area contributed by atoms with Crippen LogP contribution in [-0.4, -0.2) is 47.7 Å². The molecule has 4 nitrogen and oxygen atoms in total. The zero-order chi connectivity index (χ0) is 10.8. The quantitative estimate of drug-likeness (QED) is 0.385. The third-order valence-corrected chi connectivity index (χ3v) is 2.13. The number of hydroxylamine groups is 2. The summed E-state index contributed by atoms with van der Waals surface area (Å²) in [5, 5.41) is 22.3. The summed E-state index contributed by atoms with van der Waals surface area (Å²) in [5.41, 5.74) is 0. The Morgan fingerprint density at radius 1 is 1.14 bits per heavy atom. The van der Waals surface area contributed by atoms with Crippen molar-refractivity contribution in [3.8, 4) is 0 Å². The van der Waals surface area contributed by atoms with Gasteiger partial charge in [0.15, 0.2) is 0 Å². The molecular formula is C10H24N2O2. The monoisotopic (exact) mass is 204 g/mol. The van der Waals surface area contributed by atoms with E-state index in [1.165, 1.54) is 5.06 Å². The number of hydrogen-bond donors (Lipinski definition) is 3. The Hall–Kier alpha value is -0.160. The van der Waals surface area contributed by atoms with Gasteiger partial charge in [-0.2, -0.15) is 5.06 Å². The molecule has 0 bridgehead atoms. The Labute approximate surface area is 86.9 Å². The molecule has 0 fully saturated rings. The summed E-state index contributed by atoms with van der Waals surface area (Å²) in [4.78, 5) is 0. The first kappa shape index (κ1) is 13.8. The predicted octanol–water partition coefficient (Wildman–Crippen LogP) is 0.838. The maximum Gasteiger partial charge on any atom is 0.0555 e. The third kappa shape index (κ3) is 8.44. The van der Waals surface area contributed by atoms with Crippen molar-refractivity contribution in [1.29, 1.82) is 0 Å². The minimum absolute atomic E-state index is 0.206. The standard InChI is InChI=1S/C10H24N2O2/c1-10(2)12(14)8-5-3-4-6-11-7-9-13/h10-11,13-14H,3-9H2,1-2H3. The lowest BCUT2D eigenvalue weighted by molar-refractivity contribution is -0.117. The lowest BCUT2D eigenvalue weighted by Gasteiger charge is -2.18. The molecule has 0 aromatic heterocycles. The number of nitrogens with zero attached hydrogens (tertiary/aromatic N) is 1. The van der Waals surface area contributed by atoms with Crippen molar-refractivity contribution in [3.05, 3.63) is 0 Å². The highest BCUT2D eigenvalue weighted by molar-refractivity contribution is 4.53. The van der Waals surface area contributed by atoms with Crippen LogP contribution in [0.15, 0.2) is 0 Å². The van der Waals surface area contributed by atoms with Crippen molar-refractivity contribution >= 4 is 0 Å². The normalized spacial score (nSPS) is 11.6. The molecule has 0 radical (unpaired) electrons. The van der Waals surface area contributed by atoms with Crippen molar-refractivity contribution in [2.45, 2.75) is 39.2 Å². The SMILES string of the molecule is CC(C)N(O)CCCCCNCCO. The topological polar surface area (TPSA) is 55.7 Å². The molecule has 0 unspecified atom stereocenters. The molecule has 4 heteroatoms. The molecule has 0 rings (SSSR count). The number of nitrogens with one attached hydrogen (secondary N) is 1. The molecule has 0 spiro atoms. The Morgan fingerprint density at radius 3 is 2.43 bits per heavy atom. The van der Waals surface area contributed by atoms with Gasteiger partial charge in [0.1, 0.15) is 0 Å². The average molecular weight is 204 g/mol. The van der Waals surface area contributed by atoms with Gasteiger partial charge in [0, 0.05) is 19.1 Å². The zero-order valence-electron chi connectivity index (χ0n) is 9.37. The summed E-state index contributed by atoms with van der Waals surface area (Å²) >= 11 is 0. The van der Waals surface area contributed by atoms with Gasteiger partial charge in [-0.3, -0.25) is 0 Å². The summed E-state index contributed by atoms with van der Waals surface area (Å²) in [5.74, 6) is 0. The van der Waals surface area contributed by atoms with Crippen LogP contribution in [-0.2, 0) is 0 Å². The third-order valence-electron chi connectivity index (χ3n) is 2.13. The van der Waals surface area contributed by atoms with E-state index in [0.717, 1.165) is 32.4 Å². The van der Waals surface area contributed by atoms with Crippen molar-refractivity contribution in [2.75, 3.05) is 26.2 Å². The Bertz CT molecular complexity index is 121. The average Bonchev–Trinajstić information content (AvgIpc) is 2.16. The van der Waals surface area contributed by atoms with Gasteiger partial charge in [-0.05, 0) is 33.2 Å². The molecule has 0 amide bonds. The summed E-state index contributed by atoms with van der Waals surface area (Å²) in [6.07, 6.45) is 3.24. The van der Waals surface area contributed by atoms with Crippen LogP contribution in [0.25, 0.3) is 0 Å². The minimum Gasteiger partial charge on any atom is -0.395 e. The van der Waals surface area contributed by atoms with Gasteiger partial charge >= 0.3 is 0 Å². The zero-order valence-corrected chi connectivity index (χ0v) is 9.37. The number of hydrogen-bond acceptors (Lipinski definition) is 4. The van der Waals surface area contributed by atoms with Crippen LogP contribution in [0.1, 0.15) is 33.1 Å². The number of unbranched alkanes of at least 4 members (excludes halogenated alkanes) is 2. The molecule has 0 aromatic rings. The summed E-state index contributed by atoms with van der Waals surface area (Å²) < 4.78 is 0. The highest BCUT2D eigenvalue weighted by Crippen LogP contribution is 1.99. The fourth-order valence-electron chi connectivity index (χ4n) is 1.16. The van der Waals surface area contributed by atoms with Crippen LogP contribution in [0.2, 0.25) is 0 Å². The van der Waals surface area contributed by atoms with Crippen molar-refractivity contribution < 1.29 is 10.3 Å². The summed E-state index contributed by atoms with van der Waals surface area (Å²) in [6.45, 7) is 6.53. The number of rotatable bonds is 9. The van der Waals surface area contributed by atoms with E-state index in [0.29, 0.717) is 6.54 Å². The molecule has 0 saturated carbocycles. The second-order valence-electron chi connectivity index (χ2n) is 3.79. The molecule has 14 heavy (non-hydrogen) atoms. The summed E-state index contributed by atoms with van der Waals surface area (Å²) in [7, 11) is 0. The van der Waals surface area contributed by atoms with E-state index < -0.39 is 0 Å². The van der Waals surface area contributed by atoms with Crippen LogP contribution < -0.4 is 5.32 Å². The van der Waals surface area contributed by atoms with Gasteiger partial charge < -0.3 is 15.6 Å². The van der Waals surface area contributed by atoms with Gasteiger partial charge in [-0.1, -0.05) is 6.42 Å². The van der Waals surface area contributed by atoms with Gasteiger partial charge in [-0.25, -0.2) is 0 Å². The van der Waals surface area contributed by atoms with Gasteiger partial charge in [0.05, 0.1) is 6.61 Å². The fraction of sp³-hybridized carbons (Fsp3) is 1.00. The van der Waals surface area contributed by atoms with E-state index in [1.807, 2.05) is 13.8 Å². The lowest BCUT2D eigenvalue weighted by atomic mass is 10.2. The maximum absolute atomic E-state index is 9.35. The lowest BCUT2D eigenvalue weighted by Crippen LogP contribution is -2.28. The molecular weight excluding hydrogens is 180 g/mol. The van der Waals surface area contributed by atoms with Crippen LogP contribution in [0.4, 0.5) is 0 Å². The number of aliphatic hydroxyl groups excluding tert-OH is 1. The number of aliphatic hydroxyl groups is 1. The van der Waals surface area contributed by atoms with Crippen LogP contribution in [0.5, 0.6) is 0 Å². The van der Waals surface area contributed by atoms with E-state index in [1.54, 1.807) is 0 Å². The van der Waals surface area contributed by atoms with Crippen LogP contribution in [0.3, 0.4) is 0 Å². The minimum atomic E-state index is 0.206. The molecule has 0 heterocycles. The first-order valence-electron chi connectivity index (χ1n) is 5.45. The fourth-order valence-corrected chi connectivity index (χ4v) is 1.16. The highest BCUT2D eigenvalue weighted by Gasteiger charge is 2.03. The maximum atomic E-state index is 9.35. The summed E-state index contributed by atoms with van der Waals surface area (Å²) in [6, 6.07) is 0.211. The predicted molar refractivity (Wildman–Crippen MR) is 57.4 cm³/mol. The second-order valence-corrected chi connectivity index (χ2v) is 3.79. The molecule has 3 N–H and O–H groups in total. The first-order valence-corrected chi connectivity index (χ1v) is 5.45. The second kappa shape index (κ2) is 9.40. The highest BCUT2D eigenvalue weighted by atomic mass is 16.5. The van der Waals surface area contributed by atoms with E-state index >= 15 is 0 Å². The Kier molecular flexibility index (Phi) is 9.29. The first-order chi connectivity index (χ1) is 6.68. The van der Waals surface area contributed by atoms with E-state index in [-0.39, 0.29) is 12.6 Å². The molecule has 0 aliphatic heterocycles. The molecule has 0 aromatic carbocycles. The molecule has 0 aliphatic carbocycles. The van der Waals surface area contributed by atoms with Crippen LogP contribution in [0, 0.1) is 0 Å². The van der Waals surface area contributed by atoms with Crippen molar-refractivity contribution in [3.63, 3.8) is 0 Å². The largest absolute Gasteiger partial charge is 0.395 e. The molecule has 0 atom stereocenters. The van der Waals surface area contributed by atoms with E-state index in [9.17, 15) is 5.21 Å². The Morgan fingerprint density at radius 2 is 1.86 bits per heavy atom. The van der Waals surface area contributed by atoms with Gasteiger partial charge in [0.25, 0.3) is 0 Å². The van der Waals surface area contributed by atoms with Crippen molar-refractivity contribution in [1.82, 2.24) is 10.4 Å². The van der Waals surface area contributed by atoms with Gasteiger partial charge in [-0.15, -0.1) is 0 Å². The van der Waals surface area contributed by atoms with Crippen molar-refractivity contribution in [2.24, 2.45) is 0 Å². The molecule has 0 saturated heterocycles. The molecule has 0 aliphatic rings. The molecule has 86 valence electrons. The Balaban J connectivity index is 3.06. The van der Waals surface area contributed by atoms with E-state index in [2.05, 4.69) is 5.32 Å². The van der Waals surface area contributed by atoms with Gasteiger partial charge in [0.2, 0.25) is 0 Å².